The van der Waals surface area contributed by atoms with Gasteiger partial charge in [-0.15, -0.1) is 0 Å². The van der Waals surface area contributed by atoms with Crippen LogP contribution in [-0.2, 0) is 0 Å². The summed E-state index contributed by atoms with van der Waals surface area (Å²) in [6.45, 7) is 1.95. The van der Waals surface area contributed by atoms with E-state index >= 15 is 0 Å². The number of nitrogens with zero attached hydrogens (tertiary/aromatic N) is 2. The summed E-state index contributed by atoms with van der Waals surface area (Å²) in [7, 11) is 0. The lowest BCUT2D eigenvalue weighted by atomic mass is 10.1. The van der Waals surface area contributed by atoms with Crippen molar-refractivity contribution < 1.29 is 14.1 Å². The SMILES string of the molecule is O=C(Nc1ccccc1N1CCCCC1)c1ccc(-c2cccc([N+](=O)[O-])c2)o1. The van der Waals surface area contributed by atoms with Crippen molar-refractivity contribution in [1.82, 2.24) is 0 Å². The fourth-order valence-electron chi connectivity index (χ4n) is 3.56. The predicted molar refractivity (Wildman–Crippen MR) is 111 cm³/mol. The molecule has 1 amide bonds. The Morgan fingerprint density at radius 3 is 2.59 bits per heavy atom. The van der Waals surface area contributed by atoms with Crippen LogP contribution in [0.25, 0.3) is 11.3 Å². The van der Waals surface area contributed by atoms with Gasteiger partial charge in [-0.1, -0.05) is 24.3 Å². The number of hydrogen-bond acceptors (Lipinski definition) is 5. The third kappa shape index (κ3) is 4.13. The zero-order valence-corrected chi connectivity index (χ0v) is 15.8. The Bertz CT molecular complexity index is 1040. The number of non-ortho nitro benzene ring substituents is 1. The van der Waals surface area contributed by atoms with E-state index in [1.165, 1.54) is 18.6 Å². The van der Waals surface area contributed by atoms with Gasteiger partial charge in [0.1, 0.15) is 5.76 Å². The van der Waals surface area contributed by atoms with Crippen LogP contribution in [0.4, 0.5) is 17.1 Å². The average Bonchev–Trinajstić information content (AvgIpc) is 3.25. The van der Waals surface area contributed by atoms with Gasteiger partial charge in [0.05, 0.1) is 16.3 Å². The van der Waals surface area contributed by atoms with E-state index in [9.17, 15) is 14.9 Å². The van der Waals surface area contributed by atoms with E-state index in [4.69, 9.17) is 4.42 Å². The standard InChI is InChI=1S/C22H21N3O4/c26-22(23-18-9-2-3-10-19(18)24-13-4-1-5-14-24)21-12-11-20(29-21)16-7-6-8-17(15-16)25(27)28/h2-3,6-12,15H,1,4-5,13-14H2,(H,23,26). The van der Waals surface area contributed by atoms with Crippen molar-refractivity contribution in [1.29, 1.82) is 0 Å². The molecule has 0 saturated carbocycles. The van der Waals surface area contributed by atoms with Crippen LogP contribution in [0, 0.1) is 10.1 Å². The van der Waals surface area contributed by atoms with E-state index in [2.05, 4.69) is 10.2 Å². The molecule has 3 aromatic rings. The molecule has 7 heteroatoms. The number of piperidine rings is 1. The lowest BCUT2D eigenvalue weighted by Gasteiger charge is -2.30. The minimum Gasteiger partial charge on any atom is -0.451 e. The van der Waals surface area contributed by atoms with Gasteiger partial charge in [0.25, 0.3) is 11.6 Å². The van der Waals surface area contributed by atoms with E-state index in [0.717, 1.165) is 37.3 Å². The quantitative estimate of drug-likeness (QED) is 0.483. The van der Waals surface area contributed by atoms with Crippen LogP contribution >= 0.6 is 0 Å². The zero-order valence-electron chi connectivity index (χ0n) is 15.8. The summed E-state index contributed by atoms with van der Waals surface area (Å²) in [5.74, 6) is 0.203. The largest absolute Gasteiger partial charge is 0.451 e. The zero-order chi connectivity index (χ0) is 20.2. The van der Waals surface area contributed by atoms with Crippen LogP contribution in [0.3, 0.4) is 0 Å². The number of benzene rings is 2. The van der Waals surface area contributed by atoms with Crippen molar-refractivity contribution in [2.45, 2.75) is 19.3 Å². The van der Waals surface area contributed by atoms with Crippen molar-refractivity contribution in [3.05, 3.63) is 76.5 Å². The molecular weight excluding hydrogens is 370 g/mol. The molecule has 0 bridgehead atoms. The highest BCUT2D eigenvalue weighted by molar-refractivity contribution is 6.04. The van der Waals surface area contributed by atoms with Crippen molar-refractivity contribution in [3.63, 3.8) is 0 Å². The molecule has 0 aliphatic carbocycles. The number of nitrogens with one attached hydrogen (secondary N) is 1. The molecule has 1 aromatic heterocycles. The third-order valence-electron chi connectivity index (χ3n) is 5.02. The molecule has 4 rings (SSSR count). The van der Waals surface area contributed by atoms with Crippen LogP contribution in [0.1, 0.15) is 29.8 Å². The van der Waals surface area contributed by atoms with Crippen LogP contribution in [0.15, 0.2) is 65.1 Å². The molecular formula is C22H21N3O4. The Hall–Kier alpha value is -3.61. The van der Waals surface area contributed by atoms with E-state index in [1.54, 1.807) is 24.3 Å². The maximum atomic E-state index is 12.7. The number of nitro benzene ring substituents is 1. The first kappa shape index (κ1) is 18.7. The van der Waals surface area contributed by atoms with Crippen LogP contribution in [0.2, 0.25) is 0 Å². The normalized spacial score (nSPS) is 13.9. The number of carbonyl (C=O) groups excluding carboxylic acids is 1. The van der Waals surface area contributed by atoms with Gasteiger partial charge >= 0.3 is 0 Å². The van der Waals surface area contributed by atoms with Gasteiger partial charge in [-0.25, -0.2) is 0 Å². The molecule has 0 atom stereocenters. The number of anilines is 2. The molecule has 1 fully saturated rings. The molecule has 7 nitrogen and oxygen atoms in total. The molecule has 1 N–H and O–H groups in total. The molecule has 1 aliphatic heterocycles. The van der Waals surface area contributed by atoms with Crippen LogP contribution in [0.5, 0.6) is 0 Å². The van der Waals surface area contributed by atoms with Gasteiger partial charge in [0, 0.05) is 30.8 Å². The third-order valence-corrected chi connectivity index (χ3v) is 5.02. The first-order valence-electron chi connectivity index (χ1n) is 9.62. The second kappa shape index (κ2) is 8.18. The smallest absolute Gasteiger partial charge is 0.291 e. The molecule has 0 spiro atoms. The minimum atomic E-state index is -0.461. The second-order valence-corrected chi connectivity index (χ2v) is 6.99. The minimum absolute atomic E-state index is 0.0274. The molecule has 0 unspecified atom stereocenters. The number of rotatable bonds is 5. The highest BCUT2D eigenvalue weighted by atomic mass is 16.6. The molecule has 2 aromatic carbocycles. The number of nitro groups is 1. The van der Waals surface area contributed by atoms with Gasteiger partial charge in [0.2, 0.25) is 0 Å². The second-order valence-electron chi connectivity index (χ2n) is 6.99. The fourth-order valence-corrected chi connectivity index (χ4v) is 3.56. The number of furan rings is 1. The topological polar surface area (TPSA) is 88.6 Å². The van der Waals surface area contributed by atoms with Gasteiger partial charge in [0.15, 0.2) is 5.76 Å². The van der Waals surface area contributed by atoms with E-state index in [-0.39, 0.29) is 17.4 Å². The molecule has 2 heterocycles. The summed E-state index contributed by atoms with van der Waals surface area (Å²) in [5.41, 5.74) is 2.27. The van der Waals surface area contributed by atoms with Crippen LogP contribution < -0.4 is 10.2 Å². The molecule has 1 aliphatic rings. The van der Waals surface area contributed by atoms with E-state index in [1.807, 2.05) is 24.3 Å². The number of carbonyl (C=O) groups is 1. The summed E-state index contributed by atoms with van der Waals surface area (Å²) in [5, 5.41) is 13.9. The van der Waals surface area contributed by atoms with Gasteiger partial charge < -0.3 is 14.6 Å². The maximum Gasteiger partial charge on any atom is 0.291 e. The average molecular weight is 391 g/mol. The predicted octanol–water partition coefficient (Wildman–Crippen LogP) is 5.10. The Balaban J connectivity index is 1.53. The Morgan fingerprint density at radius 2 is 1.79 bits per heavy atom. The summed E-state index contributed by atoms with van der Waals surface area (Å²) in [6, 6.07) is 17.1. The molecule has 1 saturated heterocycles. The lowest BCUT2D eigenvalue weighted by Crippen LogP contribution is -2.30. The first-order chi connectivity index (χ1) is 14.1. The maximum absolute atomic E-state index is 12.7. The monoisotopic (exact) mass is 391 g/mol. The van der Waals surface area contributed by atoms with Gasteiger partial charge in [-0.3, -0.25) is 14.9 Å². The Kier molecular flexibility index (Phi) is 5.29. The number of para-hydroxylation sites is 2. The molecule has 0 radical (unpaired) electrons. The molecule has 148 valence electrons. The van der Waals surface area contributed by atoms with Crippen molar-refractivity contribution in [2.75, 3.05) is 23.3 Å². The van der Waals surface area contributed by atoms with Gasteiger partial charge in [-0.05, 0) is 43.5 Å². The van der Waals surface area contributed by atoms with Crippen molar-refractivity contribution in [2.24, 2.45) is 0 Å². The van der Waals surface area contributed by atoms with Crippen molar-refractivity contribution >= 4 is 23.0 Å². The lowest BCUT2D eigenvalue weighted by molar-refractivity contribution is -0.384. The van der Waals surface area contributed by atoms with Crippen molar-refractivity contribution in [3.8, 4) is 11.3 Å². The Morgan fingerprint density at radius 1 is 1.00 bits per heavy atom. The van der Waals surface area contributed by atoms with E-state index in [0.29, 0.717) is 11.3 Å². The summed E-state index contributed by atoms with van der Waals surface area (Å²) in [6.07, 6.45) is 3.53. The van der Waals surface area contributed by atoms with Gasteiger partial charge in [-0.2, -0.15) is 0 Å². The fraction of sp³-hybridized carbons (Fsp3) is 0.227. The first-order valence-corrected chi connectivity index (χ1v) is 9.62. The molecule has 29 heavy (non-hydrogen) atoms. The number of hydrogen-bond donors (Lipinski definition) is 1. The summed E-state index contributed by atoms with van der Waals surface area (Å²) < 4.78 is 5.68. The summed E-state index contributed by atoms with van der Waals surface area (Å²) >= 11 is 0. The highest BCUT2D eigenvalue weighted by Crippen LogP contribution is 2.30. The Labute approximate surface area is 168 Å². The van der Waals surface area contributed by atoms with Crippen LogP contribution in [-0.4, -0.2) is 23.9 Å². The summed E-state index contributed by atoms with van der Waals surface area (Å²) in [4.78, 5) is 25.5. The number of amides is 1. The van der Waals surface area contributed by atoms with E-state index < -0.39 is 4.92 Å². The highest BCUT2D eigenvalue weighted by Gasteiger charge is 2.18.